The topological polar surface area (TPSA) is 95.3 Å². The number of anilines is 1. The van der Waals surface area contributed by atoms with Gasteiger partial charge in [0, 0.05) is 11.4 Å². The van der Waals surface area contributed by atoms with Gasteiger partial charge in [-0.2, -0.15) is 0 Å². The second kappa shape index (κ2) is 12.2. The molecule has 2 heterocycles. The van der Waals surface area contributed by atoms with Crippen LogP contribution in [-0.4, -0.2) is 39.5 Å². The SMILES string of the molecule is C=CCn1c(SCC(=O)Nc2sc(C)c(C)c2C(=O)OC)nnc1C(C)Oc1ccc(C(C)C)cc1. The Hall–Kier alpha value is -3.11. The minimum absolute atomic E-state index is 0.0950. The molecule has 0 fully saturated rings. The van der Waals surface area contributed by atoms with Gasteiger partial charge in [0.05, 0.1) is 18.4 Å². The number of rotatable bonds is 11. The van der Waals surface area contributed by atoms with Gasteiger partial charge in [-0.15, -0.1) is 28.1 Å². The normalized spacial score (nSPS) is 11.9. The van der Waals surface area contributed by atoms with Crippen molar-refractivity contribution < 1.29 is 19.1 Å². The highest BCUT2D eigenvalue weighted by Gasteiger charge is 2.23. The summed E-state index contributed by atoms with van der Waals surface area (Å²) in [6.45, 7) is 14.3. The molecule has 0 saturated heterocycles. The smallest absolute Gasteiger partial charge is 0.341 e. The third kappa shape index (κ3) is 6.36. The van der Waals surface area contributed by atoms with Crippen LogP contribution in [0.2, 0.25) is 0 Å². The molecule has 0 spiro atoms. The molecule has 1 N–H and O–H groups in total. The van der Waals surface area contributed by atoms with E-state index < -0.39 is 5.97 Å². The fourth-order valence-electron chi connectivity index (χ4n) is 3.55. The van der Waals surface area contributed by atoms with E-state index >= 15 is 0 Å². The molecule has 1 amide bonds. The second-order valence-electron chi connectivity index (χ2n) is 8.54. The largest absolute Gasteiger partial charge is 0.483 e. The summed E-state index contributed by atoms with van der Waals surface area (Å²) in [7, 11) is 1.33. The van der Waals surface area contributed by atoms with Crippen LogP contribution in [-0.2, 0) is 16.1 Å². The minimum atomic E-state index is -0.469. The van der Waals surface area contributed by atoms with Gasteiger partial charge in [0.2, 0.25) is 5.91 Å². The third-order valence-corrected chi connectivity index (χ3v) is 7.73. The van der Waals surface area contributed by atoms with E-state index in [0.29, 0.717) is 34.0 Å². The van der Waals surface area contributed by atoms with Gasteiger partial charge in [0.1, 0.15) is 10.8 Å². The van der Waals surface area contributed by atoms with Crippen molar-refractivity contribution in [1.82, 2.24) is 14.8 Å². The summed E-state index contributed by atoms with van der Waals surface area (Å²) < 4.78 is 12.9. The van der Waals surface area contributed by atoms with Crippen LogP contribution < -0.4 is 10.1 Å². The van der Waals surface area contributed by atoms with Crippen LogP contribution >= 0.6 is 23.1 Å². The van der Waals surface area contributed by atoms with E-state index in [2.05, 4.69) is 48.1 Å². The molecule has 3 rings (SSSR count). The van der Waals surface area contributed by atoms with E-state index in [1.54, 1.807) is 6.08 Å². The highest BCUT2D eigenvalue weighted by molar-refractivity contribution is 7.99. The maximum Gasteiger partial charge on any atom is 0.341 e. The number of nitrogens with one attached hydrogen (secondary N) is 1. The van der Waals surface area contributed by atoms with E-state index in [1.807, 2.05) is 37.5 Å². The number of benzene rings is 1. The Morgan fingerprint density at radius 2 is 1.89 bits per heavy atom. The number of ether oxygens (including phenoxy) is 2. The molecule has 192 valence electrons. The molecule has 8 nitrogen and oxygen atoms in total. The number of methoxy groups -OCH3 is 1. The Balaban J connectivity index is 1.69. The van der Waals surface area contributed by atoms with Crippen molar-refractivity contribution in [2.24, 2.45) is 0 Å². The molecule has 10 heteroatoms. The van der Waals surface area contributed by atoms with Gasteiger partial charge in [-0.1, -0.05) is 43.8 Å². The van der Waals surface area contributed by atoms with Crippen molar-refractivity contribution in [3.63, 3.8) is 0 Å². The standard InChI is InChI=1S/C26H32N4O4S2/c1-8-13-30-23(17(5)34-20-11-9-19(10-12-20)15(2)3)28-29-26(30)35-14-21(31)27-24-22(25(32)33-7)16(4)18(6)36-24/h8-12,15,17H,1,13-14H2,2-7H3,(H,27,31). The first-order valence-electron chi connectivity index (χ1n) is 11.6. The molecule has 2 aromatic heterocycles. The first-order valence-corrected chi connectivity index (χ1v) is 13.4. The van der Waals surface area contributed by atoms with Crippen LogP contribution in [0, 0.1) is 13.8 Å². The monoisotopic (exact) mass is 528 g/mol. The van der Waals surface area contributed by atoms with Gasteiger partial charge in [-0.3, -0.25) is 9.36 Å². The first-order chi connectivity index (χ1) is 17.2. The number of carbonyl (C=O) groups is 2. The maximum absolute atomic E-state index is 12.7. The molecule has 0 aliphatic heterocycles. The number of allylic oxidation sites excluding steroid dienone is 1. The highest BCUT2D eigenvalue weighted by atomic mass is 32.2. The Morgan fingerprint density at radius 1 is 1.19 bits per heavy atom. The van der Waals surface area contributed by atoms with Crippen molar-refractivity contribution in [2.75, 3.05) is 18.2 Å². The quantitative estimate of drug-likeness (QED) is 0.187. The molecule has 36 heavy (non-hydrogen) atoms. The summed E-state index contributed by atoms with van der Waals surface area (Å²) in [6, 6.07) is 8.03. The maximum atomic E-state index is 12.7. The lowest BCUT2D eigenvalue weighted by Crippen LogP contribution is -2.17. The highest BCUT2D eigenvalue weighted by Crippen LogP contribution is 2.33. The van der Waals surface area contributed by atoms with Crippen molar-refractivity contribution in [3.05, 3.63) is 64.3 Å². The number of aromatic nitrogens is 3. The van der Waals surface area contributed by atoms with Crippen LogP contribution in [0.1, 0.15) is 65.0 Å². The zero-order valence-corrected chi connectivity index (χ0v) is 23.1. The van der Waals surface area contributed by atoms with Gasteiger partial charge < -0.3 is 14.8 Å². The third-order valence-electron chi connectivity index (χ3n) is 5.64. The Morgan fingerprint density at radius 3 is 2.50 bits per heavy atom. The number of nitrogens with zero attached hydrogens (tertiary/aromatic N) is 3. The van der Waals surface area contributed by atoms with Gasteiger partial charge >= 0.3 is 5.97 Å². The Labute approximate surface area is 220 Å². The number of amides is 1. The predicted molar refractivity (Wildman–Crippen MR) is 144 cm³/mol. The van der Waals surface area contributed by atoms with E-state index in [0.717, 1.165) is 16.2 Å². The molecule has 0 radical (unpaired) electrons. The Kier molecular flexibility index (Phi) is 9.33. The molecule has 1 aromatic carbocycles. The van der Waals surface area contributed by atoms with Crippen LogP contribution in [0.5, 0.6) is 5.75 Å². The molecule has 0 aliphatic carbocycles. The minimum Gasteiger partial charge on any atom is -0.483 e. The number of carbonyl (C=O) groups excluding carboxylic acids is 2. The number of thiophene rings is 1. The van der Waals surface area contributed by atoms with Crippen LogP contribution in [0.25, 0.3) is 0 Å². The van der Waals surface area contributed by atoms with E-state index in [4.69, 9.17) is 9.47 Å². The lowest BCUT2D eigenvalue weighted by atomic mass is 10.0. The van der Waals surface area contributed by atoms with E-state index in [-0.39, 0.29) is 17.8 Å². The molecular weight excluding hydrogens is 496 g/mol. The lowest BCUT2D eigenvalue weighted by molar-refractivity contribution is -0.113. The van der Waals surface area contributed by atoms with E-state index in [9.17, 15) is 9.59 Å². The molecule has 3 aromatic rings. The van der Waals surface area contributed by atoms with Crippen molar-refractivity contribution >= 4 is 40.0 Å². The zero-order valence-electron chi connectivity index (χ0n) is 21.5. The average Bonchev–Trinajstić information content (AvgIpc) is 3.37. The van der Waals surface area contributed by atoms with Crippen LogP contribution in [0.4, 0.5) is 5.00 Å². The number of hydrogen-bond donors (Lipinski definition) is 1. The van der Waals surface area contributed by atoms with Crippen LogP contribution in [0.15, 0.2) is 42.1 Å². The van der Waals surface area contributed by atoms with Gasteiger partial charge in [0.15, 0.2) is 17.1 Å². The molecule has 0 saturated carbocycles. The number of hydrogen-bond acceptors (Lipinski definition) is 8. The summed E-state index contributed by atoms with van der Waals surface area (Å²) >= 11 is 2.61. The molecule has 1 unspecified atom stereocenters. The molecule has 0 bridgehead atoms. The number of aryl methyl sites for hydroxylation is 1. The fraction of sp³-hybridized carbons (Fsp3) is 0.385. The second-order valence-corrected chi connectivity index (χ2v) is 10.7. The summed E-state index contributed by atoms with van der Waals surface area (Å²) in [6.07, 6.45) is 1.39. The van der Waals surface area contributed by atoms with Gasteiger partial charge in [-0.25, -0.2) is 4.79 Å². The summed E-state index contributed by atoms with van der Waals surface area (Å²) in [5.74, 6) is 1.21. The predicted octanol–water partition coefficient (Wildman–Crippen LogP) is 5.92. The summed E-state index contributed by atoms with van der Waals surface area (Å²) in [5, 5.41) is 12.5. The van der Waals surface area contributed by atoms with Crippen molar-refractivity contribution in [3.8, 4) is 5.75 Å². The van der Waals surface area contributed by atoms with Gasteiger partial charge in [-0.05, 0) is 49.9 Å². The molecule has 0 aliphatic rings. The average molecular weight is 529 g/mol. The Bertz CT molecular complexity index is 1230. The molecule has 1 atom stereocenters. The summed E-state index contributed by atoms with van der Waals surface area (Å²) in [4.78, 5) is 25.8. The van der Waals surface area contributed by atoms with Gasteiger partial charge in [0.25, 0.3) is 0 Å². The van der Waals surface area contributed by atoms with E-state index in [1.165, 1.54) is 35.8 Å². The number of esters is 1. The lowest BCUT2D eigenvalue weighted by Gasteiger charge is -2.16. The fourth-order valence-corrected chi connectivity index (χ4v) is 5.37. The first kappa shape index (κ1) is 27.5. The molecular formula is C26H32N4O4S2. The van der Waals surface area contributed by atoms with Crippen molar-refractivity contribution in [1.29, 1.82) is 0 Å². The number of thioether (sulfide) groups is 1. The van der Waals surface area contributed by atoms with Crippen LogP contribution in [0.3, 0.4) is 0 Å². The zero-order chi connectivity index (χ0) is 26.4. The summed E-state index contributed by atoms with van der Waals surface area (Å²) in [5.41, 5.74) is 2.44. The van der Waals surface area contributed by atoms with Crippen molar-refractivity contribution in [2.45, 2.75) is 58.3 Å².